The van der Waals surface area contributed by atoms with Crippen molar-refractivity contribution in [2.45, 2.75) is 0 Å². The minimum Gasteiger partial charge on any atom is -0.493 e. The van der Waals surface area contributed by atoms with Gasteiger partial charge in [0.05, 0.1) is 25.1 Å². The molecule has 0 aliphatic rings. The van der Waals surface area contributed by atoms with E-state index in [1.165, 1.54) is 26.5 Å². The van der Waals surface area contributed by atoms with Gasteiger partial charge in [0.2, 0.25) is 5.43 Å². The Hall–Kier alpha value is -3.28. The molecule has 3 rings (SSSR count). The van der Waals surface area contributed by atoms with Crippen LogP contribution in [0, 0.1) is 0 Å². The van der Waals surface area contributed by atoms with Gasteiger partial charge in [0.15, 0.2) is 11.5 Å². The minimum atomic E-state index is -1.28. The van der Waals surface area contributed by atoms with Gasteiger partial charge < -0.3 is 19.1 Å². The lowest BCUT2D eigenvalue weighted by Crippen LogP contribution is -2.18. The van der Waals surface area contributed by atoms with Gasteiger partial charge in [-0.25, -0.2) is 4.79 Å². The van der Waals surface area contributed by atoms with E-state index in [9.17, 15) is 14.7 Å². The molecule has 0 bridgehead atoms. The fraction of sp³-hybridized carbons (Fsp3) is 0.111. The molecule has 1 heterocycles. The Bertz CT molecular complexity index is 976. The summed E-state index contributed by atoms with van der Waals surface area (Å²) in [6, 6.07) is 12.3. The summed E-state index contributed by atoms with van der Waals surface area (Å²) in [6.45, 7) is 0. The van der Waals surface area contributed by atoms with Gasteiger partial charge in [-0.1, -0.05) is 18.2 Å². The van der Waals surface area contributed by atoms with Crippen LogP contribution in [0.2, 0.25) is 0 Å². The molecule has 0 radical (unpaired) electrons. The van der Waals surface area contributed by atoms with E-state index in [-0.39, 0.29) is 10.9 Å². The maximum absolute atomic E-state index is 12.5. The fourth-order valence-corrected chi connectivity index (χ4v) is 2.61. The first kappa shape index (κ1) is 15.6. The van der Waals surface area contributed by atoms with Crippen LogP contribution in [0.5, 0.6) is 11.5 Å². The summed E-state index contributed by atoms with van der Waals surface area (Å²) in [4.78, 5) is 24.0. The minimum absolute atomic E-state index is 0.247. The highest BCUT2D eigenvalue weighted by atomic mass is 16.5. The van der Waals surface area contributed by atoms with Gasteiger partial charge in [0.25, 0.3) is 0 Å². The molecule has 122 valence electrons. The third-order valence-electron chi connectivity index (χ3n) is 3.77. The van der Waals surface area contributed by atoms with Crippen LogP contribution in [0.4, 0.5) is 0 Å². The van der Waals surface area contributed by atoms with Gasteiger partial charge in [0.1, 0.15) is 5.56 Å². The molecule has 0 spiro atoms. The summed E-state index contributed by atoms with van der Waals surface area (Å²) < 4.78 is 12.2. The van der Waals surface area contributed by atoms with Crippen molar-refractivity contribution in [3.63, 3.8) is 0 Å². The van der Waals surface area contributed by atoms with Gasteiger partial charge in [0, 0.05) is 18.0 Å². The van der Waals surface area contributed by atoms with Crippen molar-refractivity contribution in [2.75, 3.05) is 14.2 Å². The van der Waals surface area contributed by atoms with Crippen molar-refractivity contribution in [1.29, 1.82) is 0 Å². The highest BCUT2D eigenvalue weighted by molar-refractivity contribution is 5.94. The molecule has 24 heavy (non-hydrogen) atoms. The van der Waals surface area contributed by atoms with E-state index >= 15 is 0 Å². The number of pyridine rings is 1. The predicted molar refractivity (Wildman–Crippen MR) is 89.6 cm³/mol. The SMILES string of the molecule is COc1cc2c(=O)c(C(=O)O)cn(-c3ccccc3)c2cc1OC. The summed E-state index contributed by atoms with van der Waals surface area (Å²) in [6.07, 6.45) is 1.33. The fourth-order valence-electron chi connectivity index (χ4n) is 2.61. The van der Waals surface area contributed by atoms with Gasteiger partial charge in [-0.2, -0.15) is 0 Å². The molecule has 0 aliphatic carbocycles. The molecular formula is C18H15NO5. The van der Waals surface area contributed by atoms with Crippen LogP contribution in [0.1, 0.15) is 10.4 Å². The second-order valence-corrected chi connectivity index (χ2v) is 5.11. The third-order valence-corrected chi connectivity index (χ3v) is 3.77. The molecule has 0 unspecified atom stereocenters. The van der Waals surface area contributed by atoms with E-state index < -0.39 is 11.4 Å². The Morgan fingerprint density at radius 2 is 1.67 bits per heavy atom. The van der Waals surface area contributed by atoms with Crippen molar-refractivity contribution in [3.8, 4) is 17.2 Å². The molecule has 1 N–H and O–H groups in total. The number of fused-ring (bicyclic) bond motifs is 1. The molecule has 0 amide bonds. The van der Waals surface area contributed by atoms with Gasteiger partial charge in [-0.3, -0.25) is 4.79 Å². The van der Waals surface area contributed by atoms with Gasteiger partial charge in [-0.15, -0.1) is 0 Å². The number of hydrogen-bond acceptors (Lipinski definition) is 4. The second kappa shape index (κ2) is 6.08. The molecule has 6 heteroatoms. The average Bonchev–Trinajstić information content (AvgIpc) is 2.61. The average molecular weight is 325 g/mol. The number of carboxylic acids is 1. The first-order valence-corrected chi connectivity index (χ1v) is 7.17. The Morgan fingerprint density at radius 1 is 1.04 bits per heavy atom. The van der Waals surface area contributed by atoms with E-state index in [1.807, 2.05) is 30.3 Å². The van der Waals surface area contributed by atoms with Crippen molar-refractivity contribution < 1.29 is 19.4 Å². The molecule has 1 aromatic heterocycles. The van der Waals surface area contributed by atoms with Crippen molar-refractivity contribution in [2.24, 2.45) is 0 Å². The largest absolute Gasteiger partial charge is 0.493 e. The number of para-hydroxylation sites is 1. The van der Waals surface area contributed by atoms with E-state index in [0.717, 1.165) is 5.69 Å². The monoisotopic (exact) mass is 325 g/mol. The lowest BCUT2D eigenvalue weighted by Gasteiger charge is -2.15. The number of carboxylic acid groups (broad SMARTS) is 1. The highest BCUT2D eigenvalue weighted by Crippen LogP contribution is 2.32. The van der Waals surface area contributed by atoms with E-state index in [2.05, 4.69) is 0 Å². The summed E-state index contributed by atoms with van der Waals surface area (Å²) in [7, 11) is 2.96. The highest BCUT2D eigenvalue weighted by Gasteiger charge is 2.18. The van der Waals surface area contributed by atoms with Gasteiger partial charge in [-0.05, 0) is 18.2 Å². The molecule has 0 saturated carbocycles. The second-order valence-electron chi connectivity index (χ2n) is 5.11. The smallest absolute Gasteiger partial charge is 0.341 e. The number of benzene rings is 2. The number of hydrogen-bond donors (Lipinski definition) is 1. The maximum Gasteiger partial charge on any atom is 0.341 e. The Balaban J connectivity index is 2.48. The number of nitrogens with zero attached hydrogens (tertiary/aromatic N) is 1. The number of aromatic carboxylic acids is 1. The van der Waals surface area contributed by atoms with Crippen LogP contribution in [-0.4, -0.2) is 29.9 Å². The molecule has 6 nitrogen and oxygen atoms in total. The van der Waals surface area contributed by atoms with Gasteiger partial charge >= 0.3 is 5.97 Å². The molecule has 2 aromatic carbocycles. The predicted octanol–water partition coefficient (Wildman–Crippen LogP) is 2.71. The maximum atomic E-state index is 12.5. The summed E-state index contributed by atoms with van der Waals surface area (Å²) in [5.41, 5.74) is 0.398. The zero-order valence-corrected chi connectivity index (χ0v) is 13.1. The van der Waals surface area contributed by atoms with E-state index in [0.29, 0.717) is 17.0 Å². The molecular weight excluding hydrogens is 310 g/mol. The summed E-state index contributed by atoms with van der Waals surface area (Å²) in [5.74, 6) is -0.456. The number of carbonyl (C=O) groups is 1. The molecule has 0 saturated heterocycles. The van der Waals surface area contributed by atoms with Crippen molar-refractivity contribution in [3.05, 3.63) is 64.4 Å². The topological polar surface area (TPSA) is 77.8 Å². The summed E-state index contributed by atoms with van der Waals surface area (Å²) in [5, 5.41) is 9.60. The lowest BCUT2D eigenvalue weighted by atomic mass is 10.1. The van der Waals surface area contributed by atoms with Crippen LogP contribution < -0.4 is 14.9 Å². The zero-order chi connectivity index (χ0) is 17.3. The van der Waals surface area contributed by atoms with E-state index in [4.69, 9.17) is 9.47 Å². The molecule has 0 fully saturated rings. The lowest BCUT2D eigenvalue weighted by molar-refractivity contribution is 0.0695. The standard InChI is InChI=1S/C18H15NO5/c1-23-15-8-12-14(9-16(15)24-2)19(11-6-4-3-5-7-11)10-13(17(12)20)18(21)22/h3-10H,1-2H3,(H,21,22). The van der Waals surface area contributed by atoms with Crippen LogP contribution in [0.15, 0.2) is 53.5 Å². The molecule has 0 aliphatic heterocycles. The number of aromatic nitrogens is 1. The normalized spacial score (nSPS) is 10.6. The first-order valence-electron chi connectivity index (χ1n) is 7.17. The molecule has 3 aromatic rings. The summed E-state index contributed by atoms with van der Waals surface area (Å²) >= 11 is 0. The Morgan fingerprint density at radius 3 is 2.25 bits per heavy atom. The van der Waals surface area contributed by atoms with Crippen LogP contribution in [-0.2, 0) is 0 Å². The Labute approximate surface area is 137 Å². The number of ether oxygens (including phenoxy) is 2. The van der Waals surface area contributed by atoms with Crippen LogP contribution >= 0.6 is 0 Å². The molecule has 0 atom stereocenters. The van der Waals surface area contributed by atoms with E-state index in [1.54, 1.807) is 10.6 Å². The third kappa shape index (κ3) is 2.48. The first-order chi connectivity index (χ1) is 11.6. The quantitative estimate of drug-likeness (QED) is 0.798. The van der Waals surface area contributed by atoms with Crippen LogP contribution in [0.3, 0.4) is 0 Å². The Kier molecular flexibility index (Phi) is 3.95. The van der Waals surface area contributed by atoms with Crippen molar-refractivity contribution >= 4 is 16.9 Å². The zero-order valence-electron chi connectivity index (χ0n) is 13.1. The number of methoxy groups -OCH3 is 2. The van der Waals surface area contributed by atoms with Crippen molar-refractivity contribution in [1.82, 2.24) is 4.57 Å². The number of rotatable bonds is 4. The van der Waals surface area contributed by atoms with Crippen LogP contribution in [0.25, 0.3) is 16.6 Å².